The van der Waals surface area contributed by atoms with Crippen molar-refractivity contribution in [2.24, 2.45) is 0 Å². The van der Waals surface area contributed by atoms with Crippen LogP contribution in [0.3, 0.4) is 0 Å². The predicted molar refractivity (Wildman–Crippen MR) is 116 cm³/mol. The fourth-order valence-electron chi connectivity index (χ4n) is 3.91. The fourth-order valence-corrected chi connectivity index (χ4v) is 3.91. The first-order valence-electron chi connectivity index (χ1n) is 10.5. The molecule has 166 valence electrons. The summed E-state index contributed by atoms with van der Waals surface area (Å²) < 4.78 is 11.4. The molecule has 1 fully saturated rings. The Labute approximate surface area is 185 Å². The molecule has 1 saturated heterocycles. The van der Waals surface area contributed by atoms with Gasteiger partial charge in [-0.15, -0.1) is 0 Å². The maximum absolute atomic E-state index is 11.8. The van der Waals surface area contributed by atoms with Crippen LogP contribution >= 0.6 is 0 Å². The lowest BCUT2D eigenvalue weighted by atomic mass is 9.96. The number of carbonyl (C=O) groups excluding carboxylic acids is 1. The number of benzene rings is 2. The zero-order valence-electron chi connectivity index (χ0n) is 17.4. The van der Waals surface area contributed by atoms with Gasteiger partial charge in [-0.3, -0.25) is 4.79 Å². The summed E-state index contributed by atoms with van der Waals surface area (Å²) in [6, 6.07) is 20.1. The van der Waals surface area contributed by atoms with Crippen molar-refractivity contribution in [3.8, 4) is 0 Å². The van der Waals surface area contributed by atoms with Gasteiger partial charge >= 0.3 is 5.97 Å². The first-order chi connectivity index (χ1) is 15.5. The number of aromatic carboxylic acids is 1. The molecule has 0 aliphatic carbocycles. The lowest BCUT2D eigenvalue weighted by Crippen LogP contribution is -2.32. The van der Waals surface area contributed by atoms with Crippen LogP contribution in [-0.2, 0) is 22.6 Å². The van der Waals surface area contributed by atoms with Gasteiger partial charge in [0.1, 0.15) is 18.5 Å². The number of aliphatic hydroxyl groups excluding tert-OH is 1. The lowest BCUT2D eigenvalue weighted by Gasteiger charge is -2.24. The van der Waals surface area contributed by atoms with Gasteiger partial charge in [-0.1, -0.05) is 54.6 Å². The molecule has 3 unspecified atom stereocenters. The normalized spacial score (nSPS) is 17.7. The van der Waals surface area contributed by atoms with Gasteiger partial charge in [0.25, 0.3) is 0 Å². The number of carbonyl (C=O) groups is 2. The second-order valence-electron chi connectivity index (χ2n) is 7.89. The van der Waals surface area contributed by atoms with Gasteiger partial charge in [0.15, 0.2) is 0 Å². The Kier molecular flexibility index (Phi) is 6.68. The molecule has 3 aromatic rings. The molecule has 7 nitrogen and oxygen atoms in total. The number of nitrogens with one attached hydrogen (secondary N) is 1. The standard InChI is InChI=1S/C25H25NO6/c27-21(17-4-2-1-3-5-17)14-16-6-8-18(9-7-16)24(20-11-13-23(28)26-20)31-15-19-10-12-22(32-19)25(29)30/h1-10,12,20-21,24,27H,11,13-15H2,(H,26,28)(H,29,30). The molecule has 3 atom stereocenters. The highest BCUT2D eigenvalue weighted by Gasteiger charge is 2.31. The molecule has 4 rings (SSSR count). The molecule has 1 amide bonds. The number of rotatable bonds is 9. The number of carboxylic acids is 1. The van der Waals surface area contributed by atoms with E-state index in [0.717, 1.165) is 16.7 Å². The molecule has 32 heavy (non-hydrogen) atoms. The maximum atomic E-state index is 11.8. The zero-order valence-corrected chi connectivity index (χ0v) is 17.4. The van der Waals surface area contributed by atoms with Crippen molar-refractivity contribution < 1.29 is 29.0 Å². The number of hydrogen-bond acceptors (Lipinski definition) is 5. The number of amides is 1. The van der Waals surface area contributed by atoms with E-state index >= 15 is 0 Å². The number of hydrogen-bond donors (Lipinski definition) is 3. The van der Waals surface area contributed by atoms with Crippen LogP contribution in [0.2, 0.25) is 0 Å². The van der Waals surface area contributed by atoms with Crippen molar-refractivity contribution in [1.82, 2.24) is 5.32 Å². The van der Waals surface area contributed by atoms with E-state index in [1.54, 1.807) is 6.07 Å². The third-order valence-electron chi connectivity index (χ3n) is 5.59. The van der Waals surface area contributed by atoms with Gasteiger partial charge in [-0.2, -0.15) is 0 Å². The van der Waals surface area contributed by atoms with Crippen LogP contribution in [0.5, 0.6) is 0 Å². The van der Waals surface area contributed by atoms with Crippen LogP contribution in [-0.4, -0.2) is 28.1 Å². The summed E-state index contributed by atoms with van der Waals surface area (Å²) >= 11 is 0. The van der Waals surface area contributed by atoms with Crippen molar-refractivity contribution in [2.75, 3.05) is 0 Å². The SMILES string of the molecule is O=C1CCC(C(OCc2ccc(C(=O)O)o2)c2ccc(CC(O)c3ccccc3)cc2)N1. The number of furan rings is 1. The second kappa shape index (κ2) is 9.80. The molecule has 7 heteroatoms. The van der Waals surface area contributed by atoms with Crippen LogP contribution in [0.15, 0.2) is 71.1 Å². The van der Waals surface area contributed by atoms with Crippen LogP contribution in [0.4, 0.5) is 0 Å². The Morgan fingerprint density at radius 2 is 1.81 bits per heavy atom. The summed E-state index contributed by atoms with van der Waals surface area (Å²) in [6.45, 7) is 0.0821. The Morgan fingerprint density at radius 1 is 1.06 bits per heavy atom. The van der Waals surface area contributed by atoms with Crippen LogP contribution in [0, 0.1) is 0 Å². The molecule has 1 aromatic heterocycles. The Hall–Kier alpha value is -3.42. The Morgan fingerprint density at radius 3 is 2.44 bits per heavy atom. The molecule has 3 N–H and O–H groups in total. The van der Waals surface area contributed by atoms with Gasteiger partial charge in [0.05, 0.1) is 12.1 Å². The molecule has 0 radical (unpaired) electrons. The van der Waals surface area contributed by atoms with Crippen molar-refractivity contribution in [1.29, 1.82) is 0 Å². The van der Waals surface area contributed by atoms with E-state index < -0.39 is 18.2 Å². The number of aliphatic hydroxyl groups is 1. The smallest absolute Gasteiger partial charge is 0.371 e. The van der Waals surface area contributed by atoms with Crippen LogP contribution in [0.25, 0.3) is 0 Å². The highest BCUT2D eigenvalue weighted by atomic mass is 16.5. The highest BCUT2D eigenvalue weighted by molar-refractivity contribution is 5.84. The quantitative estimate of drug-likeness (QED) is 0.472. The summed E-state index contributed by atoms with van der Waals surface area (Å²) in [7, 11) is 0. The third-order valence-corrected chi connectivity index (χ3v) is 5.59. The van der Waals surface area contributed by atoms with Gasteiger partial charge in [-0.05, 0) is 35.2 Å². The summed E-state index contributed by atoms with van der Waals surface area (Å²) in [5, 5.41) is 22.4. The van der Waals surface area contributed by atoms with E-state index in [0.29, 0.717) is 25.0 Å². The summed E-state index contributed by atoms with van der Waals surface area (Å²) in [5.74, 6) is -0.892. The average molecular weight is 435 g/mol. The minimum absolute atomic E-state index is 0.0163. The number of carboxylic acid groups (broad SMARTS) is 1. The minimum Gasteiger partial charge on any atom is -0.475 e. The first-order valence-corrected chi connectivity index (χ1v) is 10.5. The second-order valence-corrected chi connectivity index (χ2v) is 7.89. The molecular formula is C25H25NO6. The monoisotopic (exact) mass is 435 g/mol. The van der Waals surface area contributed by atoms with Crippen LogP contribution in [0.1, 0.15) is 58.1 Å². The lowest BCUT2D eigenvalue weighted by molar-refractivity contribution is -0.120. The van der Waals surface area contributed by atoms with E-state index in [1.165, 1.54) is 6.07 Å². The topological polar surface area (TPSA) is 109 Å². The summed E-state index contributed by atoms with van der Waals surface area (Å²) in [4.78, 5) is 22.8. The molecular weight excluding hydrogens is 410 g/mol. The predicted octanol–water partition coefficient (Wildman–Crippen LogP) is 3.79. The van der Waals surface area contributed by atoms with E-state index in [-0.39, 0.29) is 24.3 Å². The zero-order chi connectivity index (χ0) is 22.5. The van der Waals surface area contributed by atoms with Gasteiger partial charge in [-0.25, -0.2) is 4.79 Å². The summed E-state index contributed by atoms with van der Waals surface area (Å²) in [6.07, 6.45) is 0.575. The molecule has 2 heterocycles. The highest BCUT2D eigenvalue weighted by Crippen LogP contribution is 2.29. The summed E-state index contributed by atoms with van der Waals surface area (Å²) in [5.41, 5.74) is 2.74. The minimum atomic E-state index is -1.14. The van der Waals surface area contributed by atoms with Gasteiger partial charge in [0.2, 0.25) is 11.7 Å². The molecule has 0 bridgehead atoms. The van der Waals surface area contributed by atoms with Crippen molar-refractivity contribution in [2.45, 2.75) is 44.1 Å². The van der Waals surface area contributed by atoms with Gasteiger partial charge in [0, 0.05) is 12.8 Å². The van der Waals surface area contributed by atoms with Crippen molar-refractivity contribution in [3.63, 3.8) is 0 Å². The Bertz CT molecular complexity index is 1060. The van der Waals surface area contributed by atoms with E-state index in [9.17, 15) is 14.7 Å². The molecule has 0 spiro atoms. The third kappa shape index (κ3) is 5.25. The fraction of sp³-hybridized carbons (Fsp3) is 0.280. The van der Waals surface area contributed by atoms with Crippen LogP contribution < -0.4 is 5.32 Å². The molecule has 2 aromatic carbocycles. The Balaban J connectivity index is 1.46. The van der Waals surface area contributed by atoms with E-state index in [1.807, 2.05) is 54.6 Å². The van der Waals surface area contributed by atoms with Gasteiger partial charge < -0.3 is 24.7 Å². The number of ether oxygens (including phenoxy) is 1. The van der Waals surface area contributed by atoms with E-state index in [4.69, 9.17) is 14.3 Å². The van der Waals surface area contributed by atoms with Crippen molar-refractivity contribution in [3.05, 3.63) is 94.9 Å². The molecule has 0 saturated carbocycles. The maximum Gasteiger partial charge on any atom is 0.371 e. The van der Waals surface area contributed by atoms with E-state index in [2.05, 4.69) is 5.32 Å². The molecule has 1 aliphatic rings. The molecule has 1 aliphatic heterocycles. The average Bonchev–Trinajstić information content (AvgIpc) is 3.45. The largest absolute Gasteiger partial charge is 0.475 e. The van der Waals surface area contributed by atoms with Crippen molar-refractivity contribution >= 4 is 11.9 Å². The first kappa shape index (κ1) is 21.8.